The fraction of sp³-hybridized carbons (Fsp3) is 0.115. The molecule has 1 aromatic carbocycles. The van der Waals surface area contributed by atoms with E-state index >= 15 is 0 Å². The van der Waals surface area contributed by atoms with Crippen molar-refractivity contribution in [3.05, 3.63) is 96.7 Å². The largest absolute Gasteiger partial charge is 0.348 e. The highest BCUT2D eigenvalue weighted by atomic mass is 19.1. The van der Waals surface area contributed by atoms with Crippen LogP contribution in [-0.4, -0.2) is 31.6 Å². The van der Waals surface area contributed by atoms with Crippen LogP contribution in [0.4, 0.5) is 10.2 Å². The number of nitrogens with zero attached hydrogens (tertiary/aromatic N) is 4. The zero-order valence-corrected chi connectivity index (χ0v) is 19.0. The smallest absolute Gasteiger partial charge is 0.243 e. The third-order valence-electron chi connectivity index (χ3n) is 5.15. The Hall–Kier alpha value is -4.66. The molecule has 0 aliphatic rings. The number of carbonyl (C=O) groups excluding carboxylic acids is 2. The van der Waals surface area contributed by atoms with Crippen molar-refractivity contribution in [3.8, 4) is 22.5 Å². The summed E-state index contributed by atoms with van der Waals surface area (Å²) < 4.78 is 15.2. The molecule has 0 atom stereocenters. The fourth-order valence-electron chi connectivity index (χ4n) is 3.50. The summed E-state index contributed by atoms with van der Waals surface area (Å²) in [5.74, 6) is -0.339. The Labute approximate surface area is 201 Å². The summed E-state index contributed by atoms with van der Waals surface area (Å²) in [5.41, 5.74) is 4.58. The second kappa shape index (κ2) is 10.5. The van der Waals surface area contributed by atoms with Crippen LogP contribution >= 0.6 is 0 Å². The van der Waals surface area contributed by atoms with Gasteiger partial charge in [-0.25, -0.2) is 9.37 Å². The van der Waals surface area contributed by atoms with Crippen molar-refractivity contribution in [1.29, 1.82) is 0 Å². The Balaban J connectivity index is 1.64. The fourth-order valence-corrected chi connectivity index (χ4v) is 3.50. The summed E-state index contributed by atoms with van der Waals surface area (Å²) in [4.78, 5) is 31.7. The van der Waals surface area contributed by atoms with Gasteiger partial charge < -0.3 is 10.6 Å². The highest BCUT2D eigenvalue weighted by Crippen LogP contribution is 2.27. The van der Waals surface area contributed by atoms with Gasteiger partial charge in [-0.2, -0.15) is 5.10 Å². The van der Waals surface area contributed by atoms with Crippen LogP contribution in [0.1, 0.15) is 18.1 Å². The van der Waals surface area contributed by atoms with E-state index in [0.717, 1.165) is 22.3 Å². The average Bonchev–Trinajstić information content (AvgIpc) is 3.31. The maximum atomic E-state index is 13.4. The van der Waals surface area contributed by atoms with E-state index in [4.69, 9.17) is 5.10 Å². The zero-order chi connectivity index (χ0) is 24.8. The van der Waals surface area contributed by atoms with Crippen LogP contribution in [0.5, 0.6) is 0 Å². The third-order valence-corrected chi connectivity index (χ3v) is 5.15. The van der Waals surface area contributed by atoms with Crippen LogP contribution in [0.2, 0.25) is 0 Å². The lowest BCUT2D eigenvalue weighted by Crippen LogP contribution is -2.20. The molecule has 2 amide bonds. The van der Waals surface area contributed by atoms with Gasteiger partial charge in [-0.05, 0) is 65.7 Å². The third kappa shape index (κ3) is 6.02. The molecule has 0 unspecified atom stereocenters. The Morgan fingerprint density at radius 3 is 2.63 bits per heavy atom. The molecule has 0 fully saturated rings. The first-order chi connectivity index (χ1) is 16.9. The number of benzene rings is 1. The van der Waals surface area contributed by atoms with Crippen LogP contribution in [-0.2, 0) is 22.7 Å². The number of carbonyl (C=O) groups is 2. The Kier molecular flexibility index (Phi) is 7.06. The average molecular weight is 471 g/mol. The highest BCUT2D eigenvalue weighted by Gasteiger charge is 2.13. The lowest BCUT2D eigenvalue weighted by atomic mass is 10.0. The highest BCUT2D eigenvalue weighted by molar-refractivity contribution is 5.87. The molecule has 0 saturated heterocycles. The van der Waals surface area contributed by atoms with Crippen molar-refractivity contribution in [2.75, 3.05) is 5.32 Å². The first-order valence-electron chi connectivity index (χ1n) is 10.8. The van der Waals surface area contributed by atoms with Gasteiger partial charge in [0.1, 0.15) is 11.6 Å². The van der Waals surface area contributed by atoms with E-state index in [9.17, 15) is 14.0 Å². The van der Waals surface area contributed by atoms with Crippen LogP contribution in [0.15, 0.2) is 79.8 Å². The minimum Gasteiger partial charge on any atom is -0.348 e. The molecule has 35 heavy (non-hydrogen) atoms. The number of amides is 2. The molecule has 4 rings (SSSR count). The number of hydrogen-bond donors (Lipinski definition) is 2. The van der Waals surface area contributed by atoms with Gasteiger partial charge in [0.05, 0.1) is 17.9 Å². The zero-order valence-electron chi connectivity index (χ0n) is 19.0. The maximum absolute atomic E-state index is 13.4. The van der Waals surface area contributed by atoms with E-state index in [2.05, 4.69) is 27.2 Å². The monoisotopic (exact) mass is 470 g/mol. The number of nitrogens with one attached hydrogen (secondary N) is 2. The Morgan fingerprint density at radius 1 is 1.09 bits per heavy atom. The van der Waals surface area contributed by atoms with Crippen LogP contribution in [0.3, 0.4) is 0 Å². The molecule has 3 aromatic heterocycles. The first-order valence-corrected chi connectivity index (χ1v) is 10.8. The van der Waals surface area contributed by atoms with E-state index in [1.807, 2.05) is 24.4 Å². The van der Waals surface area contributed by atoms with Crippen molar-refractivity contribution in [2.45, 2.75) is 20.0 Å². The van der Waals surface area contributed by atoms with Gasteiger partial charge >= 0.3 is 0 Å². The van der Waals surface area contributed by atoms with Gasteiger partial charge in [-0.3, -0.25) is 19.3 Å². The Morgan fingerprint density at radius 2 is 1.89 bits per heavy atom. The predicted octanol–water partition coefficient (Wildman–Crippen LogP) is 3.96. The Bertz CT molecular complexity index is 1380. The van der Waals surface area contributed by atoms with Gasteiger partial charge in [0.2, 0.25) is 11.8 Å². The van der Waals surface area contributed by atoms with E-state index in [-0.39, 0.29) is 24.2 Å². The number of pyridine rings is 2. The SMILES string of the molecule is C=CC(=O)NCc1cnc(-c2ccc(F)cc2)cc1-c1ccn(Cc2ccnc(NC(C)=O)c2)n1. The van der Waals surface area contributed by atoms with Gasteiger partial charge in [0, 0.05) is 43.2 Å². The van der Waals surface area contributed by atoms with Crippen molar-refractivity contribution < 1.29 is 14.0 Å². The number of halogens is 1. The number of aromatic nitrogens is 4. The lowest BCUT2D eigenvalue weighted by Gasteiger charge is -2.11. The second-order valence-electron chi connectivity index (χ2n) is 7.78. The summed E-state index contributed by atoms with van der Waals surface area (Å²) in [6, 6.07) is 13.5. The minimum atomic E-state index is -0.325. The molecule has 0 spiro atoms. The van der Waals surface area contributed by atoms with Gasteiger partial charge in [-0.15, -0.1) is 0 Å². The van der Waals surface area contributed by atoms with Crippen molar-refractivity contribution in [1.82, 2.24) is 25.1 Å². The number of hydrogen-bond acceptors (Lipinski definition) is 5. The molecular weight excluding hydrogens is 447 g/mol. The van der Waals surface area contributed by atoms with Gasteiger partial charge in [0.25, 0.3) is 0 Å². The quantitative estimate of drug-likeness (QED) is 0.380. The van der Waals surface area contributed by atoms with Crippen LogP contribution in [0.25, 0.3) is 22.5 Å². The second-order valence-corrected chi connectivity index (χ2v) is 7.78. The molecule has 0 bridgehead atoms. The molecule has 9 heteroatoms. The molecule has 176 valence electrons. The lowest BCUT2D eigenvalue weighted by molar-refractivity contribution is -0.116. The topological polar surface area (TPSA) is 102 Å². The predicted molar refractivity (Wildman–Crippen MR) is 131 cm³/mol. The van der Waals surface area contributed by atoms with Crippen molar-refractivity contribution >= 4 is 17.6 Å². The van der Waals surface area contributed by atoms with E-state index in [1.54, 1.807) is 35.3 Å². The number of anilines is 1. The standard InChI is InChI=1S/C26H23FN6O2/c1-3-26(35)30-15-20-14-29-24(19-4-6-21(27)7-5-19)13-22(20)23-9-11-33(32-23)16-18-8-10-28-25(12-18)31-17(2)34/h3-14H,1,15-16H2,2H3,(H,30,35)(H,28,31,34). The van der Waals surface area contributed by atoms with E-state index < -0.39 is 0 Å². The summed E-state index contributed by atoms with van der Waals surface area (Å²) in [6.07, 6.45) is 6.36. The van der Waals surface area contributed by atoms with Crippen molar-refractivity contribution in [2.24, 2.45) is 0 Å². The van der Waals surface area contributed by atoms with Gasteiger partial charge in [-0.1, -0.05) is 6.58 Å². The van der Waals surface area contributed by atoms with E-state index in [1.165, 1.54) is 25.1 Å². The molecular formula is C26H23FN6O2. The molecule has 4 aromatic rings. The molecule has 3 heterocycles. The van der Waals surface area contributed by atoms with Crippen LogP contribution in [0, 0.1) is 5.82 Å². The van der Waals surface area contributed by atoms with Gasteiger partial charge in [0.15, 0.2) is 0 Å². The molecule has 0 aliphatic heterocycles. The maximum Gasteiger partial charge on any atom is 0.243 e. The van der Waals surface area contributed by atoms with E-state index in [0.29, 0.717) is 23.8 Å². The molecule has 2 N–H and O–H groups in total. The molecule has 0 aliphatic carbocycles. The normalized spacial score (nSPS) is 10.6. The number of rotatable bonds is 8. The summed E-state index contributed by atoms with van der Waals surface area (Å²) in [7, 11) is 0. The van der Waals surface area contributed by atoms with Crippen molar-refractivity contribution in [3.63, 3.8) is 0 Å². The minimum absolute atomic E-state index is 0.193. The molecule has 8 nitrogen and oxygen atoms in total. The molecule has 0 radical (unpaired) electrons. The van der Waals surface area contributed by atoms with Crippen LogP contribution < -0.4 is 10.6 Å². The summed E-state index contributed by atoms with van der Waals surface area (Å²) in [5, 5.41) is 10.2. The summed E-state index contributed by atoms with van der Waals surface area (Å²) >= 11 is 0. The molecule has 0 saturated carbocycles. The summed E-state index contributed by atoms with van der Waals surface area (Å²) in [6.45, 7) is 5.62. The first kappa shape index (κ1) is 23.5.